The molecular weight excluding hydrogens is 150 g/mol. The molecule has 1 fully saturated rings. The molecule has 0 bridgehead atoms. The van der Waals surface area contributed by atoms with E-state index < -0.39 is 0 Å². The lowest BCUT2D eigenvalue weighted by Crippen LogP contribution is -2.46. The lowest BCUT2D eigenvalue weighted by Gasteiger charge is -2.28. The first-order valence-corrected chi connectivity index (χ1v) is 4.32. The van der Waals surface area contributed by atoms with E-state index in [1.807, 2.05) is 6.92 Å². The summed E-state index contributed by atoms with van der Waals surface area (Å²) in [5, 5.41) is 0. The van der Waals surface area contributed by atoms with Gasteiger partial charge in [0.05, 0.1) is 0 Å². The van der Waals surface area contributed by atoms with Gasteiger partial charge in [-0.25, -0.2) is 5.43 Å². The molecule has 0 spiro atoms. The quantitative estimate of drug-likeness (QED) is 0.530. The SMILES string of the molecule is C=C1CCC(/C(=C/C)CN)NN1. The lowest BCUT2D eigenvalue weighted by atomic mass is 10.0. The third-order valence-electron chi connectivity index (χ3n) is 2.21. The van der Waals surface area contributed by atoms with Crippen molar-refractivity contribution in [3.63, 3.8) is 0 Å². The Hall–Kier alpha value is -0.800. The van der Waals surface area contributed by atoms with Crippen molar-refractivity contribution in [3.05, 3.63) is 23.9 Å². The van der Waals surface area contributed by atoms with Gasteiger partial charge >= 0.3 is 0 Å². The molecule has 0 saturated carbocycles. The molecule has 3 heteroatoms. The number of allylic oxidation sites excluding steroid dienone is 2. The molecule has 4 N–H and O–H groups in total. The second kappa shape index (κ2) is 4.28. The molecule has 1 aliphatic heterocycles. The summed E-state index contributed by atoms with van der Waals surface area (Å²) in [6.45, 7) is 6.48. The molecule has 1 saturated heterocycles. The molecule has 1 heterocycles. The van der Waals surface area contributed by atoms with Gasteiger partial charge in [-0.15, -0.1) is 0 Å². The van der Waals surface area contributed by atoms with Crippen LogP contribution in [0.1, 0.15) is 19.8 Å². The molecule has 0 amide bonds. The van der Waals surface area contributed by atoms with E-state index in [1.165, 1.54) is 5.57 Å². The average Bonchev–Trinajstić information content (AvgIpc) is 2.10. The van der Waals surface area contributed by atoms with Crippen LogP contribution < -0.4 is 16.6 Å². The van der Waals surface area contributed by atoms with Crippen molar-refractivity contribution in [2.45, 2.75) is 25.8 Å². The van der Waals surface area contributed by atoms with Crippen LogP contribution in [-0.4, -0.2) is 12.6 Å². The normalized spacial score (nSPS) is 25.3. The van der Waals surface area contributed by atoms with Crippen molar-refractivity contribution in [2.75, 3.05) is 6.54 Å². The topological polar surface area (TPSA) is 50.1 Å². The van der Waals surface area contributed by atoms with Crippen LogP contribution in [0.4, 0.5) is 0 Å². The molecule has 3 nitrogen and oxygen atoms in total. The Kier molecular flexibility index (Phi) is 3.31. The summed E-state index contributed by atoms with van der Waals surface area (Å²) in [7, 11) is 0. The minimum Gasteiger partial charge on any atom is -0.327 e. The zero-order valence-corrected chi connectivity index (χ0v) is 7.56. The average molecular weight is 167 g/mol. The minimum atomic E-state index is 0.380. The van der Waals surface area contributed by atoms with E-state index in [4.69, 9.17) is 5.73 Å². The highest BCUT2D eigenvalue weighted by atomic mass is 15.4. The number of hydrazine groups is 1. The van der Waals surface area contributed by atoms with E-state index in [0.717, 1.165) is 18.5 Å². The monoisotopic (exact) mass is 167 g/mol. The van der Waals surface area contributed by atoms with E-state index in [0.29, 0.717) is 12.6 Å². The maximum absolute atomic E-state index is 5.59. The van der Waals surface area contributed by atoms with Gasteiger partial charge in [0.25, 0.3) is 0 Å². The molecule has 0 aromatic rings. The fourth-order valence-electron chi connectivity index (χ4n) is 1.38. The van der Waals surface area contributed by atoms with E-state index >= 15 is 0 Å². The number of nitrogens with one attached hydrogen (secondary N) is 2. The van der Waals surface area contributed by atoms with Crippen LogP contribution in [-0.2, 0) is 0 Å². The van der Waals surface area contributed by atoms with E-state index in [1.54, 1.807) is 0 Å². The maximum atomic E-state index is 5.59. The van der Waals surface area contributed by atoms with Crippen molar-refractivity contribution in [2.24, 2.45) is 5.73 Å². The van der Waals surface area contributed by atoms with Gasteiger partial charge in [0, 0.05) is 18.3 Å². The van der Waals surface area contributed by atoms with Crippen LogP contribution in [0, 0.1) is 0 Å². The summed E-state index contributed by atoms with van der Waals surface area (Å²) < 4.78 is 0. The number of hydrogen-bond acceptors (Lipinski definition) is 3. The Balaban J connectivity index is 2.48. The minimum absolute atomic E-state index is 0.380. The molecule has 0 radical (unpaired) electrons. The molecule has 0 aromatic carbocycles. The van der Waals surface area contributed by atoms with E-state index in [-0.39, 0.29) is 0 Å². The van der Waals surface area contributed by atoms with E-state index in [9.17, 15) is 0 Å². The third-order valence-corrected chi connectivity index (χ3v) is 2.21. The molecule has 1 rings (SSSR count). The number of hydrogen-bond donors (Lipinski definition) is 3. The second-order valence-electron chi connectivity index (χ2n) is 3.03. The first kappa shape index (κ1) is 9.29. The van der Waals surface area contributed by atoms with Crippen LogP contribution >= 0.6 is 0 Å². The van der Waals surface area contributed by atoms with Gasteiger partial charge in [-0.2, -0.15) is 0 Å². The maximum Gasteiger partial charge on any atom is 0.0485 e. The Labute approximate surface area is 73.7 Å². The molecule has 0 aliphatic carbocycles. The first-order chi connectivity index (χ1) is 5.77. The van der Waals surface area contributed by atoms with Crippen LogP contribution in [0.15, 0.2) is 23.9 Å². The summed E-state index contributed by atoms with van der Waals surface area (Å²) in [4.78, 5) is 0. The predicted octanol–water partition coefficient (Wildman–Crippen LogP) is 0.662. The predicted molar refractivity (Wildman–Crippen MR) is 51.2 cm³/mol. The van der Waals surface area contributed by atoms with Gasteiger partial charge in [-0.1, -0.05) is 12.7 Å². The highest BCUT2D eigenvalue weighted by Crippen LogP contribution is 2.13. The largest absolute Gasteiger partial charge is 0.327 e. The summed E-state index contributed by atoms with van der Waals surface area (Å²) >= 11 is 0. The Morgan fingerprint density at radius 3 is 3.00 bits per heavy atom. The lowest BCUT2D eigenvalue weighted by molar-refractivity contribution is 0.420. The zero-order chi connectivity index (χ0) is 8.97. The highest BCUT2D eigenvalue weighted by Gasteiger charge is 2.16. The van der Waals surface area contributed by atoms with Crippen molar-refractivity contribution in [3.8, 4) is 0 Å². The molecule has 1 unspecified atom stereocenters. The molecule has 12 heavy (non-hydrogen) atoms. The van der Waals surface area contributed by atoms with Crippen molar-refractivity contribution in [1.29, 1.82) is 0 Å². The Morgan fingerprint density at radius 2 is 2.58 bits per heavy atom. The van der Waals surface area contributed by atoms with Gasteiger partial charge in [0.15, 0.2) is 0 Å². The smallest absolute Gasteiger partial charge is 0.0485 e. The highest BCUT2D eigenvalue weighted by molar-refractivity contribution is 5.14. The van der Waals surface area contributed by atoms with Gasteiger partial charge in [0.2, 0.25) is 0 Å². The second-order valence-corrected chi connectivity index (χ2v) is 3.03. The molecule has 1 aliphatic rings. The van der Waals surface area contributed by atoms with Gasteiger partial charge < -0.3 is 11.2 Å². The first-order valence-electron chi connectivity index (χ1n) is 4.32. The van der Waals surface area contributed by atoms with Gasteiger partial charge in [-0.3, -0.25) is 0 Å². The fraction of sp³-hybridized carbons (Fsp3) is 0.556. The number of rotatable bonds is 2. The molecule has 1 atom stereocenters. The van der Waals surface area contributed by atoms with Crippen LogP contribution in [0.25, 0.3) is 0 Å². The Bertz CT molecular complexity index is 186. The summed E-state index contributed by atoms with van der Waals surface area (Å²) in [5.74, 6) is 0. The summed E-state index contributed by atoms with van der Waals surface area (Å²) in [5.41, 5.74) is 14.1. The van der Waals surface area contributed by atoms with Gasteiger partial charge in [0.1, 0.15) is 0 Å². The molecule has 68 valence electrons. The molecule has 0 aromatic heterocycles. The zero-order valence-electron chi connectivity index (χ0n) is 7.56. The summed E-state index contributed by atoms with van der Waals surface area (Å²) in [6, 6.07) is 0.380. The van der Waals surface area contributed by atoms with E-state index in [2.05, 4.69) is 23.5 Å². The van der Waals surface area contributed by atoms with Crippen molar-refractivity contribution < 1.29 is 0 Å². The van der Waals surface area contributed by atoms with Crippen LogP contribution in [0.3, 0.4) is 0 Å². The summed E-state index contributed by atoms with van der Waals surface area (Å²) in [6.07, 6.45) is 4.19. The fourth-order valence-corrected chi connectivity index (χ4v) is 1.38. The van der Waals surface area contributed by atoms with Crippen molar-refractivity contribution in [1.82, 2.24) is 10.9 Å². The van der Waals surface area contributed by atoms with Gasteiger partial charge in [-0.05, 0) is 25.3 Å². The number of nitrogens with two attached hydrogens (primary N) is 1. The van der Waals surface area contributed by atoms with Crippen molar-refractivity contribution >= 4 is 0 Å². The third kappa shape index (κ3) is 2.09. The molecular formula is C9H17N3. The van der Waals surface area contributed by atoms with Crippen LogP contribution in [0.2, 0.25) is 0 Å². The standard InChI is InChI=1S/C9H17N3/c1-3-8(6-10)9-5-4-7(2)11-12-9/h3,9,11-12H,2,4-6,10H2,1H3/b8-3+. The van der Waals surface area contributed by atoms with Crippen LogP contribution in [0.5, 0.6) is 0 Å². The Morgan fingerprint density at radius 1 is 1.83 bits per heavy atom.